The number of carbonyl (C=O) groups is 2. The third kappa shape index (κ3) is 3.89. The molecular weight excluding hydrogens is 322 g/mol. The zero-order valence-electron chi connectivity index (χ0n) is 15.4. The topological polar surface area (TPSA) is 76.1 Å². The standard InChI is InChI=1S/C19H27NO5/c1-13(2)19(18(22)23)9-10-20(12-19)17(21)8-6-14-5-7-15(24-3)16(11-14)25-4/h5,7,11,13H,6,8-10,12H2,1-4H3,(H,22,23). The van der Waals surface area contributed by atoms with Gasteiger partial charge < -0.3 is 19.5 Å². The molecule has 0 radical (unpaired) electrons. The van der Waals surface area contributed by atoms with E-state index in [1.807, 2.05) is 32.0 Å². The molecule has 0 bridgehead atoms. The van der Waals surface area contributed by atoms with E-state index in [9.17, 15) is 14.7 Å². The van der Waals surface area contributed by atoms with E-state index in [2.05, 4.69) is 0 Å². The molecule has 0 aromatic heterocycles. The zero-order chi connectivity index (χ0) is 18.6. The molecule has 0 aliphatic carbocycles. The second-order valence-electron chi connectivity index (χ2n) is 6.87. The molecule has 1 saturated heterocycles. The number of carbonyl (C=O) groups excluding carboxylic acids is 1. The van der Waals surface area contributed by atoms with Crippen molar-refractivity contribution >= 4 is 11.9 Å². The number of nitrogens with zero attached hydrogens (tertiary/aromatic N) is 1. The van der Waals surface area contributed by atoms with Crippen molar-refractivity contribution in [2.24, 2.45) is 11.3 Å². The lowest BCUT2D eigenvalue weighted by Gasteiger charge is -2.28. The molecule has 1 aliphatic rings. The predicted octanol–water partition coefficient (Wildman–Crippen LogP) is 2.60. The molecule has 1 N–H and O–H groups in total. The molecule has 1 aromatic rings. The Labute approximate surface area is 148 Å². The van der Waals surface area contributed by atoms with E-state index < -0.39 is 11.4 Å². The fraction of sp³-hybridized carbons (Fsp3) is 0.579. The van der Waals surface area contributed by atoms with Crippen LogP contribution in [0.4, 0.5) is 0 Å². The highest BCUT2D eigenvalue weighted by molar-refractivity contribution is 5.81. The van der Waals surface area contributed by atoms with Crippen LogP contribution in [-0.2, 0) is 16.0 Å². The van der Waals surface area contributed by atoms with Gasteiger partial charge in [-0.3, -0.25) is 9.59 Å². The van der Waals surface area contributed by atoms with Crippen LogP contribution in [0.1, 0.15) is 32.3 Å². The summed E-state index contributed by atoms with van der Waals surface area (Å²) in [5.74, 6) is 0.475. The van der Waals surface area contributed by atoms with Gasteiger partial charge in [0.15, 0.2) is 11.5 Å². The van der Waals surface area contributed by atoms with Gasteiger partial charge in [-0.1, -0.05) is 19.9 Å². The second-order valence-corrected chi connectivity index (χ2v) is 6.87. The molecule has 138 valence electrons. The number of aliphatic carboxylic acids is 1. The van der Waals surface area contributed by atoms with Crippen LogP contribution in [0, 0.1) is 11.3 Å². The first kappa shape index (κ1) is 19.1. The average Bonchev–Trinajstić information content (AvgIpc) is 3.06. The van der Waals surface area contributed by atoms with E-state index in [1.54, 1.807) is 19.1 Å². The van der Waals surface area contributed by atoms with Gasteiger partial charge in [-0.05, 0) is 36.5 Å². The summed E-state index contributed by atoms with van der Waals surface area (Å²) in [4.78, 5) is 25.9. The number of carboxylic acids is 1. The first-order valence-corrected chi connectivity index (χ1v) is 8.56. The summed E-state index contributed by atoms with van der Waals surface area (Å²) in [6.07, 6.45) is 1.45. The largest absolute Gasteiger partial charge is 0.493 e. The number of methoxy groups -OCH3 is 2. The van der Waals surface area contributed by atoms with Crippen LogP contribution in [-0.4, -0.2) is 49.2 Å². The Kier molecular flexibility index (Phi) is 5.93. The van der Waals surface area contributed by atoms with Gasteiger partial charge in [0, 0.05) is 19.5 Å². The van der Waals surface area contributed by atoms with Crippen molar-refractivity contribution in [3.05, 3.63) is 23.8 Å². The highest BCUT2D eigenvalue weighted by Crippen LogP contribution is 2.38. The molecule has 1 atom stereocenters. The first-order chi connectivity index (χ1) is 11.8. The maximum atomic E-state index is 12.5. The number of hydrogen-bond donors (Lipinski definition) is 1. The fourth-order valence-corrected chi connectivity index (χ4v) is 3.38. The summed E-state index contributed by atoms with van der Waals surface area (Å²) >= 11 is 0. The molecule has 1 amide bonds. The number of amides is 1. The summed E-state index contributed by atoms with van der Waals surface area (Å²) in [7, 11) is 3.16. The molecule has 1 aromatic carbocycles. The van der Waals surface area contributed by atoms with E-state index in [0.717, 1.165) is 5.56 Å². The third-order valence-electron chi connectivity index (χ3n) is 5.26. The van der Waals surface area contributed by atoms with E-state index in [-0.39, 0.29) is 11.8 Å². The highest BCUT2D eigenvalue weighted by atomic mass is 16.5. The second kappa shape index (κ2) is 7.76. The maximum absolute atomic E-state index is 12.5. The molecule has 6 heteroatoms. The Morgan fingerprint density at radius 1 is 1.24 bits per heavy atom. The Morgan fingerprint density at radius 2 is 1.92 bits per heavy atom. The van der Waals surface area contributed by atoms with Crippen molar-refractivity contribution in [3.8, 4) is 11.5 Å². The van der Waals surface area contributed by atoms with Crippen LogP contribution in [0.5, 0.6) is 11.5 Å². The predicted molar refractivity (Wildman–Crippen MR) is 94.0 cm³/mol. The molecule has 1 fully saturated rings. The first-order valence-electron chi connectivity index (χ1n) is 8.56. The molecule has 25 heavy (non-hydrogen) atoms. The minimum Gasteiger partial charge on any atom is -0.493 e. The number of hydrogen-bond acceptors (Lipinski definition) is 4. The lowest BCUT2D eigenvalue weighted by atomic mass is 9.76. The Bertz CT molecular complexity index is 643. The van der Waals surface area contributed by atoms with E-state index >= 15 is 0 Å². The minimum absolute atomic E-state index is 0.00133. The maximum Gasteiger partial charge on any atom is 0.311 e. The molecule has 1 heterocycles. The van der Waals surface area contributed by atoms with Crippen molar-refractivity contribution in [1.82, 2.24) is 4.90 Å². The molecule has 1 unspecified atom stereocenters. The SMILES string of the molecule is COc1ccc(CCC(=O)N2CCC(C(=O)O)(C(C)C)C2)cc1OC. The summed E-state index contributed by atoms with van der Waals surface area (Å²) < 4.78 is 10.5. The normalized spacial score (nSPS) is 20.0. The third-order valence-corrected chi connectivity index (χ3v) is 5.26. The van der Waals surface area contributed by atoms with Crippen LogP contribution >= 0.6 is 0 Å². The van der Waals surface area contributed by atoms with Crippen molar-refractivity contribution < 1.29 is 24.2 Å². The highest BCUT2D eigenvalue weighted by Gasteiger charge is 2.48. The summed E-state index contributed by atoms with van der Waals surface area (Å²) in [6.45, 7) is 4.62. The molecule has 1 aliphatic heterocycles. The minimum atomic E-state index is -0.820. The van der Waals surface area contributed by atoms with Crippen LogP contribution in [0.25, 0.3) is 0 Å². The van der Waals surface area contributed by atoms with E-state index in [0.29, 0.717) is 43.9 Å². The van der Waals surface area contributed by atoms with Gasteiger partial charge in [-0.15, -0.1) is 0 Å². The lowest BCUT2D eigenvalue weighted by Crippen LogP contribution is -2.40. The average molecular weight is 349 g/mol. The van der Waals surface area contributed by atoms with Crippen LogP contribution in [0.3, 0.4) is 0 Å². The Morgan fingerprint density at radius 3 is 2.44 bits per heavy atom. The van der Waals surface area contributed by atoms with Crippen molar-refractivity contribution in [1.29, 1.82) is 0 Å². The van der Waals surface area contributed by atoms with Crippen LogP contribution < -0.4 is 9.47 Å². The number of benzene rings is 1. The van der Waals surface area contributed by atoms with Gasteiger partial charge in [0.05, 0.1) is 19.6 Å². The molecule has 0 spiro atoms. The van der Waals surface area contributed by atoms with Crippen LogP contribution in [0.15, 0.2) is 18.2 Å². The monoisotopic (exact) mass is 349 g/mol. The number of ether oxygens (including phenoxy) is 2. The van der Waals surface area contributed by atoms with Gasteiger partial charge in [-0.25, -0.2) is 0 Å². The van der Waals surface area contributed by atoms with Gasteiger partial charge in [0.25, 0.3) is 0 Å². The lowest BCUT2D eigenvalue weighted by molar-refractivity contribution is -0.151. The number of aryl methyl sites for hydroxylation is 1. The van der Waals surface area contributed by atoms with E-state index in [4.69, 9.17) is 9.47 Å². The van der Waals surface area contributed by atoms with Gasteiger partial charge in [-0.2, -0.15) is 0 Å². The van der Waals surface area contributed by atoms with Crippen molar-refractivity contribution in [2.75, 3.05) is 27.3 Å². The smallest absolute Gasteiger partial charge is 0.311 e. The summed E-state index contributed by atoms with van der Waals surface area (Å²) in [6, 6.07) is 5.60. The van der Waals surface area contributed by atoms with Crippen molar-refractivity contribution in [2.45, 2.75) is 33.1 Å². The molecule has 2 rings (SSSR count). The van der Waals surface area contributed by atoms with E-state index in [1.165, 1.54) is 0 Å². The van der Waals surface area contributed by atoms with Crippen molar-refractivity contribution in [3.63, 3.8) is 0 Å². The number of likely N-dealkylation sites (tertiary alicyclic amines) is 1. The Balaban J connectivity index is 1.98. The zero-order valence-corrected chi connectivity index (χ0v) is 15.4. The number of rotatable bonds is 7. The molecule has 6 nitrogen and oxygen atoms in total. The van der Waals surface area contributed by atoms with Gasteiger partial charge in [0.2, 0.25) is 5.91 Å². The number of carboxylic acid groups (broad SMARTS) is 1. The van der Waals surface area contributed by atoms with Gasteiger partial charge >= 0.3 is 5.97 Å². The fourth-order valence-electron chi connectivity index (χ4n) is 3.38. The van der Waals surface area contributed by atoms with Gasteiger partial charge in [0.1, 0.15) is 0 Å². The summed E-state index contributed by atoms with van der Waals surface area (Å²) in [5, 5.41) is 9.58. The summed E-state index contributed by atoms with van der Waals surface area (Å²) in [5.41, 5.74) is 0.164. The molecule has 0 saturated carbocycles. The Hall–Kier alpha value is -2.24. The quantitative estimate of drug-likeness (QED) is 0.819. The molecular formula is C19H27NO5. The van der Waals surface area contributed by atoms with Crippen LogP contribution in [0.2, 0.25) is 0 Å².